The molecule has 0 aromatic heterocycles. The number of amides is 2. The Hall–Kier alpha value is -3.00. The molecule has 0 bridgehead atoms. The van der Waals surface area contributed by atoms with Gasteiger partial charge in [0.1, 0.15) is 29.0 Å². The number of rotatable bonds is 8. The van der Waals surface area contributed by atoms with Crippen LogP contribution in [-0.4, -0.2) is 60.4 Å². The van der Waals surface area contributed by atoms with E-state index in [1.807, 2.05) is 31.2 Å². The van der Waals surface area contributed by atoms with Gasteiger partial charge in [-0.25, -0.2) is 8.78 Å². The van der Waals surface area contributed by atoms with Crippen LogP contribution in [-0.2, 0) is 11.3 Å². The van der Waals surface area contributed by atoms with E-state index in [2.05, 4.69) is 10.2 Å². The molecular formula is C25H31F2N3O3. The van der Waals surface area contributed by atoms with Crippen LogP contribution in [0, 0.1) is 17.6 Å². The second kappa shape index (κ2) is 11.2. The molecule has 0 spiro atoms. The van der Waals surface area contributed by atoms with E-state index in [0.29, 0.717) is 32.8 Å². The summed E-state index contributed by atoms with van der Waals surface area (Å²) in [4.78, 5) is 29.6. The van der Waals surface area contributed by atoms with Gasteiger partial charge in [0.05, 0.1) is 6.61 Å². The highest BCUT2D eigenvalue weighted by Gasteiger charge is 2.32. The molecule has 1 heterocycles. The number of ether oxygens (including phenoxy) is 1. The molecule has 0 aliphatic carbocycles. The minimum atomic E-state index is -0.953. The van der Waals surface area contributed by atoms with Crippen molar-refractivity contribution in [1.29, 1.82) is 0 Å². The van der Waals surface area contributed by atoms with Gasteiger partial charge in [-0.05, 0) is 42.7 Å². The SMILES string of the molecule is CCOc1ccc(CN2CCN(C(=O)C(NC(=O)c3c(F)cccc3F)C(C)C)CC2)cc1. The lowest BCUT2D eigenvalue weighted by Gasteiger charge is -2.37. The molecule has 1 saturated heterocycles. The van der Waals surface area contributed by atoms with Gasteiger partial charge in [-0.3, -0.25) is 14.5 Å². The molecule has 1 fully saturated rings. The Morgan fingerprint density at radius 1 is 1.00 bits per heavy atom. The van der Waals surface area contributed by atoms with Crippen LogP contribution in [0.2, 0.25) is 0 Å². The standard InChI is InChI=1S/C25H31F2N3O3/c1-4-33-19-10-8-18(9-11-19)16-29-12-14-30(15-13-29)25(32)23(17(2)3)28-24(31)22-20(26)6-5-7-21(22)27/h5-11,17,23H,4,12-16H2,1-3H3,(H,28,31). The van der Waals surface area contributed by atoms with Crippen molar-refractivity contribution in [2.75, 3.05) is 32.8 Å². The van der Waals surface area contributed by atoms with Gasteiger partial charge in [-0.15, -0.1) is 0 Å². The summed E-state index contributed by atoms with van der Waals surface area (Å²) >= 11 is 0. The Bertz CT molecular complexity index is 938. The number of nitrogens with zero attached hydrogens (tertiary/aromatic N) is 2. The molecule has 2 aromatic carbocycles. The minimum absolute atomic E-state index is 0.238. The summed E-state index contributed by atoms with van der Waals surface area (Å²) in [5.41, 5.74) is 0.494. The fourth-order valence-electron chi connectivity index (χ4n) is 3.88. The first-order valence-electron chi connectivity index (χ1n) is 11.3. The summed E-state index contributed by atoms with van der Waals surface area (Å²) in [5, 5.41) is 2.54. The molecule has 3 rings (SSSR count). The first-order valence-corrected chi connectivity index (χ1v) is 11.3. The predicted octanol–water partition coefficient (Wildman–Crippen LogP) is 3.46. The first-order chi connectivity index (χ1) is 15.8. The van der Waals surface area contributed by atoms with Gasteiger partial charge in [-0.2, -0.15) is 0 Å². The Morgan fingerprint density at radius 3 is 2.15 bits per heavy atom. The van der Waals surface area contributed by atoms with Crippen LogP contribution < -0.4 is 10.1 Å². The van der Waals surface area contributed by atoms with E-state index in [9.17, 15) is 18.4 Å². The van der Waals surface area contributed by atoms with Crippen molar-refractivity contribution in [3.63, 3.8) is 0 Å². The Balaban J connectivity index is 1.57. The van der Waals surface area contributed by atoms with Crippen LogP contribution in [0.5, 0.6) is 5.75 Å². The Labute approximate surface area is 193 Å². The molecule has 2 aromatic rings. The van der Waals surface area contributed by atoms with Crippen molar-refractivity contribution >= 4 is 11.8 Å². The zero-order chi connectivity index (χ0) is 24.0. The maximum atomic E-state index is 14.0. The van der Waals surface area contributed by atoms with E-state index in [4.69, 9.17) is 4.74 Å². The third kappa shape index (κ3) is 6.28. The normalized spacial score (nSPS) is 15.4. The summed E-state index contributed by atoms with van der Waals surface area (Å²) in [6, 6.07) is 10.3. The molecular weight excluding hydrogens is 428 g/mol. The second-order valence-corrected chi connectivity index (χ2v) is 8.47. The molecule has 1 atom stereocenters. The first kappa shape index (κ1) is 24.6. The number of carbonyl (C=O) groups is 2. The number of benzene rings is 2. The van der Waals surface area contributed by atoms with E-state index in [0.717, 1.165) is 30.0 Å². The average Bonchev–Trinajstić information content (AvgIpc) is 2.79. The second-order valence-electron chi connectivity index (χ2n) is 8.47. The maximum Gasteiger partial charge on any atom is 0.257 e. The highest BCUT2D eigenvalue weighted by atomic mass is 19.1. The quantitative estimate of drug-likeness (QED) is 0.657. The largest absolute Gasteiger partial charge is 0.494 e. The average molecular weight is 460 g/mol. The van der Waals surface area contributed by atoms with Gasteiger partial charge < -0.3 is 15.0 Å². The predicted molar refractivity (Wildman–Crippen MR) is 122 cm³/mol. The topological polar surface area (TPSA) is 61.9 Å². The van der Waals surface area contributed by atoms with Crippen molar-refractivity contribution in [3.05, 3.63) is 65.2 Å². The summed E-state index contributed by atoms with van der Waals surface area (Å²) in [7, 11) is 0. The van der Waals surface area contributed by atoms with Crippen molar-refractivity contribution in [3.8, 4) is 5.75 Å². The fourth-order valence-corrected chi connectivity index (χ4v) is 3.88. The van der Waals surface area contributed by atoms with Crippen molar-refractivity contribution in [2.45, 2.75) is 33.4 Å². The zero-order valence-corrected chi connectivity index (χ0v) is 19.3. The van der Waals surface area contributed by atoms with E-state index in [1.54, 1.807) is 18.7 Å². The van der Waals surface area contributed by atoms with E-state index in [1.165, 1.54) is 6.07 Å². The molecule has 6 nitrogen and oxygen atoms in total. The lowest BCUT2D eigenvalue weighted by Crippen LogP contribution is -2.56. The highest BCUT2D eigenvalue weighted by Crippen LogP contribution is 2.17. The molecule has 1 N–H and O–H groups in total. The van der Waals surface area contributed by atoms with Crippen molar-refractivity contribution < 1.29 is 23.1 Å². The molecule has 1 aliphatic heterocycles. The molecule has 8 heteroatoms. The summed E-state index contributed by atoms with van der Waals surface area (Å²) in [6.45, 7) is 9.35. The number of halogens is 2. The van der Waals surface area contributed by atoms with Crippen LogP contribution in [0.4, 0.5) is 8.78 Å². The van der Waals surface area contributed by atoms with Crippen LogP contribution in [0.1, 0.15) is 36.7 Å². The fraction of sp³-hybridized carbons (Fsp3) is 0.440. The van der Waals surface area contributed by atoms with Gasteiger partial charge in [-0.1, -0.05) is 32.0 Å². The van der Waals surface area contributed by atoms with Gasteiger partial charge in [0.2, 0.25) is 5.91 Å². The van der Waals surface area contributed by atoms with Crippen LogP contribution in [0.25, 0.3) is 0 Å². The third-order valence-corrected chi connectivity index (χ3v) is 5.73. The van der Waals surface area contributed by atoms with Crippen molar-refractivity contribution in [2.24, 2.45) is 5.92 Å². The van der Waals surface area contributed by atoms with E-state index in [-0.39, 0.29) is 11.8 Å². The number of nitrogens with one attached hydrogen (secondary N) is 1. The van der Waals surface area contributed by atoms with Gasteiger partial charge >= 0.3 is 0 Å². The summed E-state index contributed by atoms with van der Waals surface area (Å²) < 4.78 is 33.4. The summed E-state index contributed by atoms with van der Waals surface area (Å²) in [5.74, 6) is -2.47. The lowest BCUT2D eigenvalue weighted by atomic mass is 10.0. The van der Waals surface area contributed by atoms with E-state index < -0.39 is 29.1 Å². The number of carbonyl (C=O) groups excluding carboxylic acids is 2. The number of hydrogen-bond acceptors (Lipinski definition) is 4. The van der Waals surface area contributed by atoms with Gasteiger partial charge in [0.15, 0.2) is 0 Å². The number of piperazine rings is 1. The monoisotopic (exact) mass is 459 g/mol. The third-order valence-electron chi connectivity index (χ3n) is 5.73. The molecule has 33 heavy (non-hydrogen) atoms. The lowest BCUT2D eigenvalue weighted by molar-refractivity contribution is -0.136. The van der Waals surface area contributed by atoms with Gasteiger partial charge in [0, 0.05) is 32.7 Å². The Kier molecular flexibility index (Phi) is 8.38. The molecule has 0 radical (unpaired) electrons. The van der Waals surface area contributed by atoms with E-state index >= 15 is 0 Å². The van der Waals surface area contributed by atoms with Crippen LogP contribution in [0.3, 0.4) is 0 Å². The van der Waals surface area contributed by atoms with Crippen LogP contribution >= 0.6 is 0 Å². The molecule has 178 valence electrons. The molecule has 2 amide bonds. The maximum absolute atomic E-state index is 14.0. The number of hydrogen-bond donors (Lipinski definition) is 1. The highest BCUT2D eigenvalue weighted by molar-refractivity contribution is 5.98. The summed E-state index contributed by atoms with van der Waals surface area (Å²) in [6.07, 6.45) is 0. The molecule has 1 unspecified atom stereocenters. The van der Waals surface area contributed by atoms with Crippen molar-refractivity contribution in [1.82, 2.24) is 15.1 Å². The van der Waals surface area contributed by atoms with Crippen LogP contribution in [0.15, 0.2) is 42.5 Å². The van der Waals surface area contributed by atoms with Gasteiger partial charge in [0.25, 0.3) is 5.91 Å². The zero-order valence-electron chi connectivity index (χ0n) is 19.3. The Morgan fingerprint density at radius 2 is 1.61 bits per heavy atom. The smallest absolute Gasteiger partial charge is 0.257 e. The molecule has 0 saturated carbocycles. The molecule has 1 aliphatic rings. The minimum Gasteiger partial charge on any atom is -0.494 e.